The maximum Gasteiger partial charge on any atom is 0.263 e. The van der Waals surface area contributed by atoms with Gasteiger partial charge in [0.05, 0.1) is 0 Å². The normalized spacial score (nSPS) is 33.0. The molecule has 0 radical (unpaired) electrons. The van der Waals surface area contributed by atoms with E-state index in [1.807, 2.05) is 37.3 Å². The number of hydrogen-bond donors (Lipinski definition) is 2. The van der Waals surface area contributed by atoms with E-state index < -0.39 is 0 Å². The summed E-state index contributed by atoms with van der Waals surface area (Å²) in [7, 11) is 0. The summed E-state index contributed by atoms with van der Waals surface area (Å²) in [4.78, 5) is 12.8. The molecule has 2 unspecified atom stereocenters. The number of carbonyl (C=O) groups is 1. The molecule has 0 aromatic heterocycles. The van der Waals surface area contributed by atoms with E-state index in [0.717, 1.165) is 23.3 Å². The smallest absolute Gasteiger partial charge is 0.263 e. The van der Waals surface area contributed by atoms with Crippen molar-refractivity contribution in [1.29, 1.82) is 5.26 Å². The quantitative estimate of drug-likeness (QED) is 0.568. The van der Waals surface area contributed by atoms with Crippen LogP contribution in [0.1, 0.15) is 64.0 Å². The summed E-state index contributed by atoms with van der Waals surface area (Å²) in [6, 6.07) is 12.3. The number of amides is 1. The van der Waals surface area contributed by atoms with Crippen molar-refractivity contribution in [2.24, 2.45) is 23.2 Å². The first-order chi connectivity index (χ1) is 13.5. The van der Waals surface area contributed by atoms with Gasteiger partial charge < -0.3 is 10.6 Å². The Balaban J connectivity index is 1.40. The average molecular weight is 378 g/mol. The highest BCUT2D eigenvalue weighted by Crippen LogP contribution is 2.61. The lowest BCUT2D eigenvalue weighted by atomic mass is 9.48. The lowest BCUT2D eigenvalue weighted by Gasteiger charge is -2.59. The second kappa shape index (κ2) is 7.62. The Labute approximate surface area is 168 Å². The van der Waals surface area contributed by atoms with E-state index in [4.69, 9.17) is 0 Å². The first-order valence-electron chi connectivity index (χ1n) is 10.7. The van der Waals surface area contributed by atoms with Crippen LogP contribution in [0.15, 0.2) is 42.1 Å². The fourth-order valence-corrected chi connectivity index (χ4v) is 6.33. The minimum absolute atomic E-state index is 0.0397. The van der Waals surface area contributed by atoms with E-state index in [-0.39, 0.29) is 29.0 Å². The van der Waals surface area contributed by atoms with E-state index in [9.17, 15) is 10.1 Å². The Morgan fingerprint density at radius 3 is 2.21 bits per heavy atom. The summed E-state index contributed by atoms with van der Waals surface area (Å²) < 4.78 is 0. The van der Waals surface area contributed by atoms with Crippen molar-refractivity contribution >= 4 is 5.91 Å². The standard InChI is InChI=1S/C24H31N3O/c1-16(21-6-4-3-5-7-21)26-15-22(14-25)23(28)27-17(2)24-11-18-8-19(12-24)10-20(9-18)13-24/h3-7,15-20,26H,8-13H2,1-2H3,(H,27,28)/b22-15-. The highest BCUT2D eigenvalue weighted by molar-refractivity contribution is 5.97. The highest BCUT2D eigenvalue weighted by atomic mass is 16.1. The maximum atomic E-state index is 12.8. The first-order valence-corrected chi connectivity index (χ1v) is 10.7. The maximum absolute atomic E-state index is 12.8. The SMILES string of the molecule is CC(N/C=C(/C#N)C(=O)NC(C)C12CC3CC(CC(C3)C1)C2)c1ccccc1. The Morgan fingerprint density at radius 1 is 1.11 bits per heavy atom. The van der Waals surface area contributed by atoms with E-state index in [2.05, 4.69) is 23.6 Å². The van der Waals surface area contributed by atoms with Crippen LogP contribution in [0.4, 0.5) is 0 Å². The Bertz CT molecular complexity index is 757. The molecule has 4 heteroatoms. The fourth-order valence-electron chi connectivity index (χ4n) is 6.33. The zero-order valence-corrected chi connectivity index (χ0v) is 16.9. The molecule has 1 aromatic rings. The van der Waals surface area contributed by atoms with Crippen LogP contribution in [0.2, 0.25) is 0 Å². The molecule has 28 heavy (non-hydrogen) atoms. The largest absolute Gasteiger partial charge is 0.383 e. The molecule has 0 aliphatic heterocycles. The van der Waals surface area contributed by atoms with Gasteiger partial charge in [-0.1, -0.05) is 30.3 Å². The molecule has 4 aliphatic rings. The molecule has 4 fully saturated rings. The van der Waals surface area contributed by atoms with Gasteiger partial charge in [-0.25, -0.2) is 0 Å². The van der Waals surface area contributed by atoms with Crippen LogP contribution >= 0.6 is 0 Å². The van der Waals surface area contributed by atoms with Crippen molar-refractivity contribution in [3.8, 4) is 6.07 Å². The van der Waals surface area contributed by atoms with Crippen LogP contribution in [0, 0.1) is 34.5 Å². The topological polar surface area (TPSA) is 64.9 Å². The van der Waals surface area contributed by atoms with Gasteiger partial charge in [0.1, 0.15) is 11.6 Å². The van der Waals surface area contributed by atoms with Gasteiger partial charge in [0.2, 0.25) is 0 Å². The van der Waals surface area contributed by atoms with Gasteiger partial charge >= 0.3 is 0 Å². The number of carbonyl (C=O) groups excluding carboxylic acids is 1. The van der Waals surface area contributed by atoms with Gasteiger partial charge in [-0.05, 0) is 81.1 Å². The van der Waals surface area contributed by atoms with Gasteiger partial charge in [-0.15, -0.1) is 0 Å². The predicted octanol–water partition coefficient (Wildman–Crippen LogP) is 4.47. The fraction of sp³-hybridized carbons (Fsp3) is 0.583. The van der Waals surface area contributed by atoms with Crippen LogP contribution in [-0.4, -0.2) is 11.9 Å². The number of hydrogen-bond acceptors (Lipinski definition) is 3. The average Bonchev–Trinajstić information content (AvgIpc) is 2.68. The minimum atomic E-state index is -0.251. The van der Waals surface area contributed by atoms with Crippen molar-refractivity contribution in [1.82, 2.24) is 10.6 Å². The summed E-state index contributed by atoms with van der Waals surface area (Å²) >= 11 is 0. The monoisotopic (exact) mass is 377 g/mol. The van der Waals surface area contributed by atoms with E-state index >= 15 is 0 Å². The number of benzene rings is 1. The Morgan fingerprint density at radius 2 is 1.68 bits per heavy atom. The van der Waals surface area contributed by atoms with Crippen molar-refractivity contribution < 1.29 is 4.79 Å². The molecule has 4 nitrogen and oxygen atoms in total. The lowest BCUT2D eigenvalue weighted by Crippen LogP contribution is -2.56. The Hall–Kier alpha value is -2.28. The van der Waals surface area contributed by atoms with Crippen molar-refractivity contribution in [2.75, 3.05) is 0 Å². The Kier molecular flexibility index (Phi) is 5.19. The molecule has 4 aliphatic carbocycles. The van der Waals surface area contributed by atoms with Crippen LogP contribution in [0.25, 0.3) is 0 Å². The van der Waals surface area contributed by atoms with E-state index in [0.29, 0.717) is 0 Å². The molecular formula is C24H31N3O. The summed E-state index contributed by atoms with van der Waals surface area (Å²) in [5.41, 5.74) is 1.52. The number of nitriles is 1. The zero-order valence-electron chi connectivity index (χ0n) is 16.9. The first kappa shape index (κ1) is 19.1. The van der Waals surface area contributed by atoms with Gasteiger partial charge in [0.15, 0.2) is 0 Å². The van der Waals surface area contributed by atoms with Crippen molar-refractivity contribution in [3.05, 3.63) is 47.7 Å². The van der Waals surface area contributed by atoms with Crippen LogP contribution < -0.4 is 10.6 Å². The molecule has 2 atom stereocenters. The number of rotatable bonds is 6. The van der Waals surface area contributed by atoms with Crippen LogP contribution in [0.3, 0.4) is 0 Å². The molecular weight excluding hydrogens is 346 g/mol. The number of nitrogens with one attached hydrogen (secondary N) is 2. The minimum Gasteiger partial charge on any atom is -0.383 e. The molecule has 4 saturated carbocycles. The van der Waals surface area contributed by atoms with Gasteiger partial charge in [-0.3, -0.25) is 4.79 Å². The molecule has 0 saturated heterocycles. The molecule has 0 heterocycles. The zero-order chi connectivity index (χ0) is 19.7. The third kappa shape index (κ3) is 3.68. The van der Waals surface area contributed by atoms with E-state index in [1.165, 1.54) is 38.5 Å². The van der Waals surface area contributed by atoms with Crippen LogP contribution in [-0.2, 0) is 4.79 Å². The molecule has 0 spiro atoms. The molecule has 1 aromatic carbocycles. The van der Waals surface area contributed by atoms with Gasteiger partial charge in [-0.2, -0.15) is 5.26 Å². The van der Waals surface area contributed by atoms with Crippen LogP contribution in [0.5, 0.6) is 0 Å². The summed E-state index contributed by atoms with van der Waals surface area (Å²) in [5, 5.41) is 15.9. The predicted molar refractivity (Wildman–Crippen MR) is 110 cm³/mol. The second-order valence-electron chi connectivity index (χ2n) is 9.44. The van der Waals surface area contributed by atoms with Gasteiger partial charge in [0.25, 0.3) is 5.91 Å². The van der Waals surface area contributed by atoms with E-state index in [1.54, 1.807) is 6.20 Å². The molecule has 4 bridgehead atoms. The lowest BCUT2D eigenvalue weighted by molar-refractivity contribution is -0.122. The van der Waals surface area contributed by atoms with Gasteiger partial charge in [0, 0.05) is 18.3 Å². The summed E-state index contributed by atoms with van der Waals surface area (Å²) in [6.45, 7) is 4.18. The number of nitrogens with zero attached hydrogens (tertiary/aromatic N) is 1. The molecule has 2 N–H and O–H groups in total. The van der Waals surface area contributed by atoms with Crippen molar-refractivity contribution in [2.45, 2.75) is 64.5 Å². The molecule has 148 valence electrons. The summed E-state index contributed by atoms with van der Waals surface area (Å²) in [5.74, 6) is 2.30. The summed E-state index contributed by atoms with van der Waals surface area (Å²) in [6.07, 6.45) is 9.49. The third-order valence-corrected chi connectivity index (χ3v) is 7.49. The molecule has 1 amide bonds. The van der Waals surface area contributed by atoms with Crippen molar-refractivity contribution in [3.63, 3.8) is 0 Å². The molecule has 5 rings (SSSR count). The second-order valence-corrected chi connectivity index (χ2v) is 9.44. The third-order valence-electron chi connectivity index (χ3n) is 7.49. The highest BCUT2D eigenvalue weighted by Gasteiger charge is 2.53.